The van der Waals surface area contributed by atoms with Crippen molar-refractivity contribution in [2.75, 3.05) is 14.2 Å². The molecule has 0 aliphatic carbocycles. The SMILES string of the molecule is CCCCC(C(=O)OC)C(=O)c1ccc(OC)cc1F. The number of benzene rings is 1. The minimum Gasteiger partial charge on any atom is -0.497 e. The van der Waals surface area contributed by atoms with E-state index in [0.29, 0.717) is 18.6 Å². The molecule has 5 heteroatoms. The van der Waals surface area contributed by atoms with Crippen molar-refractivity contribution < 1.29 is 23.5 Å². The predicted molar refractivity (Wildman–Crippen MR) is 72.3 cm³/mol. The fourth-order valence-electron chi connectivity index (χ4n) is 1.92. The van der Waals surface area contributed by atoms with E-state index in [1.54, 1.807) is 0 Å². The zero-order chi connectivity index (χ0) is 15.1. The molecule has 1 rings (SSSR count). The second kappa shape index (κ2) is 7.62. The van der Waals surface area contributed by atoms with Gasteiger partial charge in [0.25, 0.3) is 0 Å². The molecule has 20 heavy (non-hydrogen) atoms. The average Bonchev–Trinajstić information content (AvgIpc) is 2.46. The first-order valence-electron chi connectivity index (χ1n) is 6.50. The number of methoxy groups -OCH3 is 2. The molecule has 1 unspecified atom stereocenters. The van der Waals surface area contributed by atoms with Gasteiger partial charge in [-0.15, -0.1) is 0 Å². The molecule has 0 saturated heterocycles. The van der Waals surface area contributed by atoms with Gasteiger partial charge in [-0.1, -0.05) is 19.8 Å². The van der Waals surface area contributed by atoms with Crippen molar-refractivity contribution in [2.24, 2.45) is 5.92 Å². The second-order valence-corrected chi connectivity index (χ2v) is 4.43. The molecule has 0 saturated carbocycles. The molecule has 0 aromatic heterocycles. The van der Waals surface area contributed by atoms with Crippen LogP contribution in [0.5, 0.6) is 5.75 Å². The van der Waals surface area contributed by atoms with Crippen LogP contribution >= 0.6 is 0 Å². The molecule has 1 atom stereocenters. The summed E-state index contributed by atoms with van der Waals surface area (Å²) in [6.07, 6.45) is 1.89. The van der Waals surface area contributed by atoms with Crippen LogP contribution in [0.15, 0.2) is 18.2 Å². The summed E-state index contributed by atoms with van der Waals surface area (Å²) in [7, 11) is 2.63. The van der Waals surface area contributed by atoms with Crippen molar-refractivity contribution in [1.29, 1.82) is 0 Å². The Kier molecular flexibility index (Phi) is 6.15. The smallest absolute Gasteiger partial charge is 0.316 e. The van der Waals surface area contributed by atoms with Crippen LogP contribution in [0.2, 0.25) is 0 Å². The van der Waals surface area contributed by atoms with Crippen molar-refractivity contribution in [2.45, 2.75) is 26.2 Å². The average molecular weight is 282 g/mol. The van der Waals surface area contributed by atoms with Crippen LogP contribution in [0.1, 0.15) is 36.5 Å². The van der Waals surface area contributed by atoms with Gasteiger partial charge in [0.1, 0.15) is 17.5 Å². The van der Waals surface area contributed by atoms with E-state index < -0.39 is 23.5 Å². The summed E-state index contributed by atoms with van der Waals surface area (Å²) in [6.45, 7) is 1.95. The van der Waals surface area contributed by atoms with Crippen molar-refractivity contribution >= 4 is 11.8 Å². The van der Waals surface area contributed by atoms with Gasteiger partial charge < -0.3 is 9.47 Å². The number of ether oxygens (including phenoxy) is 2. The summed E-state index contributed by atoms with van der Waals surface area (Å²) >= 11 is 0. The molecule has 0 aliphatic rings. The van der Waals surface area contributed by atoms with E-state index in [9.17, 15) is 14.0 Å². The quantitative estimate of drug-likeness (QED) is 0.438. The molecule has 0 aliphatic heterocycles. The highest BCUT2D eigenvalue weighted by atomic mass is 19.1. The first-order valence-corrected chi connectivity index (χ1v) is 6.50. The number of carbonyl (C=O) groups excluding carboxylic acids is 2. The molecule has 1 aromatic carbocycles. The third-order valence-corrected chi connectivity index (χ3v) is 3.09. The molecule has 0 radical (unpaired) electrons. The lowest BCUT2D eigenvalue weighted by atomic mass is 9.92. The normalized spacial score (nSPS) is 11.8. The highest BCUT2D eigenvalue weighted by Gasteiger charge is 2.29. The molecule has 0 bridgehead atoms. The molecule has 0 fully saturated rings. The van der Waals surface area contributed by atoms with E-state index in [4.69, 9.17) is 4.74 Å². The van der Waals surface area contributed by atoms with Crippen LogP contribution in [0.25, 0.3) is 0 Å². The van der Waals surface area contributed by atoms with Crippen molar-refractivity contribution in [3.8, 4) is 5.75 Å². The molecular formula is C15H19FO4. The lowest BCUT2D eigenvalue weighted by Gasteiger charge is -2.14. The lowest BCUT2D eigenvalue weighted by Crippen LogP contribution is -2.26. The molecule has 4 nitrogen and oxygen atoms in total. The Bertz CT molecular complexity index is 485. The Morgan fingerprint density at radius 3 is 2.50 bits per heavy atom. The third kappa shape index (κ3) is 3.79. The summed E-state index contributed by atoms with van der Waals surface area (Å²) in [5.74, 6) is -2.51. The molecule has 0 amide bonds. The Balaban J connectivity index is 3.02. The van der Waals surface area contributed by atoms with Gasteiger partial charge in [0, 0.05) is 6.07 Å². The zero-order valence-corrected chi connectivity index (χ0v) is 11.9. The summed E-state index contributed by atoms with van der Waals surface area (Å²) in [5.41, 5.74) is -0.114. The maximum atomic E-state index is 13.9. The number of esters is 1. The van der Waals surface area contributed by atoms with Gasteiger partial charge >= 0.3 is 5.97 Å². The Labute approximate surface area is 117 Å². The number of halogens is 1. The number of carbonyl (C=O) groups is 2. The Hall–Kier alpha value is -1.91. The highest BCUT2D eigenvalue weighted by molar-refractivity contribution is 6.08. The van der Waals surface area contributed by atoms with Gasteiger partial charge in [-0.2, -0.15) is 0 Å². The third-order valence-electron chi connectivity index (χ3n) is 3.09. The monoisotopic (exact) mass is 282 g/mol. The van der Waals surface area contributed by atoms with Gasteiger partial charge in [0.05, 0.1) is 19.8 Å². The molecule has 0 spiro atoms. The summed E-state index contributed by atoms with van der Waals surface area (Å²) in [5, 5.41) is 0. The van der Waals surface area contributed by atoms with Gasteiger partial charge in [0.15, 0.2) is 5.78 Å². The van der Waals surface area contributed by atoms with E-state index in [2.05, 4.69) is 4.74 Å². The van der Waals surface area contributed by atoms with Crippen LogP contribution in [0, 0.1) is 11.7 Å². The van der Waals surface area contributed by atoms with Gasteiger partial charge in [-0.3, -0.25) is 9.59 Å². The van der Waals surface area contributed by atoms with Gasteiger partial charge in [0.2, 0.25) is 0 Å². The maximum absolute atomic E-state index is 13.9. The fourth-order valence-corrected chi connectivity index (χ4v) is 1.92. The van der Waals surface area contributed by atoms with Gasteiger partial charge in [-0.25, -0.2) is 4.39 Å². The van der Waals surface area contributed by atoms with Crippen molar-refractivity contribution in [1.82, 2.24) is 0 Å². The van der Waals surface area contributed by atoms with Crippen molar-refractivity contribution in [3.63, 3.8) is 0 Å². The molecule has 0 heterocycles. The topological polar surface area (TPSA) is 52.6 Å². The van der Waals surface area contributed by atoms with Crippen LogP contribution < -0.4 is 4.74 Å². The summed E-state index contributed by atoms with van der Waals surface area (Å²) < 4.78 is 23.4. The highest BCUT2D eigenvalue weighted by Crippen LogP contribution is 2.22. The summed E-state index contributed by atoms with van der Waals surface area (Å²) in [6, 6.07) is 3.95. The van der Waals surface area contributed by atoms with E-state index in [-0.39, 0.29) is 5.56 Å². The number of unbranched alkanes of at least 4 members (excludes halogenated alkanes) is 1. The number of Topliss-reactive ketones (excluding diaryl/α,β-unsaturated/α-hetero) is 1. The predicted octanol–water partition coefficient (Wildman–Crippen LogP) is 3.00. The zero-order valence-electron chi connectivity index (χ0n) is 11.9. The second-order valence-electron chi connectivity index (χ2n) is 4.43. The summed E-state index contributed by atoms with van der Waals surface area (Å²) in [4.78, 5) is 24.0. The number of hydrogen-bond donors (Lipinski definition) is 0. The number of ketones is 1. The van der Waals surface area contributed by atoms with E-state index in [0.717, 1.165) is 12.5 Å². The number of rotatable bonds is 7. The number of hydrogen-bond acceptors (Lipinski definition) is 4. The minimum absolute atomic E-state index is 0.114. The minimum atomic E-state index is -0.956. The van der Waals surface area contributed by atoms with Crippen molar-refractivity contribution in [3.05, 3.63) is 29.6 Å². The largest absolute Gasteiger partial charge is 0.497 e. The van der Waals surface area contributed by atoms with E-state index in [1.807, 2.05) is 6.92 Å². The van der Waals surface area contributed by atoms with Crippen LogP contribution in [0.3, 0.4) is 0 Å². The standard InChI is InChI=1S/C15H19FO4/c1-4-5-6-12(15(18)20-3)14(17)11-8-7-10(19-2)9-13(11)16/h7-9,12H,4-6H2,1-3H3. The van der Waals surface area contributed by atoms with Crippen LogP contribution in [0.4, 0.5) is 4.39 Å². The first-order chi connectivity index (χ1) is 9.54. The van der Waals surface area contributed by atoms with Crippen LogP contribution in [-0.4, -0.2) is 26.0 Å². The maximum Gasteiger partial charge on any atom is 0.316 e. The first kappa shape index (κ1) is 16.1. The molecular weight excluding hydrogens is 263 g/mol. The molecule has 0 N–H and O–H groups in total. The van der Waals surface area contributed by atoms with E-state index >= 15 is 0 Å². The molecule has 1 aromatic rings. The van der Waals surface area contributed by atoms with Crippen LogP contribution in [-0.2, 0) is 9.53 Å². The van der Waals surface area contributed by atoms with Gasteiger partial charge in [-0.05, 0) is 18.6 Å². The Morgan fingerprint density at radius 1 is 1.30 bits per heavy atom. The van der Waals surface area contributed by atoms with E-state index in [1.165, 1.54) is 26.4 Å². The Morgan fingerprint density at radius 2 is 2.00 bits per heavy atom. The lowest BCUT2D eigenvalue weighted by molar-refractivity contribution is -0.143. The fraction of sp³-hybridized carbons (Fsp3) is 0.467. The molecule has 110 valence electrons.